The Balaban J connectivity index is 2.11. The van der Waals surface area contributed by atoms with Crippen LogP contribution in [-0.2, 0) is 6.54 Å². The Hall–Kier alpha value is -1.46. The smallest absolute Gasteiger partial charge is 0.219 e. The second-order valence-electron chi connectivity index (χ2n) is 4.71. The van der Waals surface area contributed by atoms with Gasteiger partial charge in [-0.3, -0.25) is 0 Å². The third kappa shape index (κ3) is 4.28. The predicted octanol–water partition coefficient (Wildman–Crippen LogP) is 4.27. The number of ether oxygens (including phenoxy) is 1. The normalized spacial score (nSPS) is 10.8. The lowest BCUT2D eigenvalue weighted by Crippen LogP contribution is -2.21. The zero-order valence-corrected chi connectivity index (χ0v) is 12.9. The second kappa shape index (κ2) is 6.81. The molecule has 106 valence electrons. The van der Waals surface area contributed by atoms with Gasteiger partial charge in [-0.2, -0.15) is 0 Å². The number of pyridine rings is 1. The van der Waals surface area contributed by atoms with Gasteiger partial charge in [0.2, 0.25) is 5.88 Å². The van der Waals surface area contributed by atoms with Crippen LogP contribution in [0.4, 0.5) is 4.39 Å². The van der Waals surface area contributed by atoms with Gasteiger partial charge in [-0.15, -0.1) is 0 Å². The summed E-state index contributed by atoms with van der Waals surface area (Å²) in [5, 5.41) is 3.31. The lowest BCUT2D eigenvalue weighted by Gasteiger charge is -2.10. The fraction of sp³-hybridized carbons (Fsp3) is 0.267. The second-order valence-corrected chi connectivity index (χ2v) is 5.63. The maximum absolute atomic E-state index is 13.7. The molecule has 0 aliphatic heterocycles. The van der Waals surface area contributed by atoms with Crippen molar-refractivity contribution >= 4 is 15.9 Å². The molecule has 1 N–H and O–H groups in total. The Morgan fingerprint density at radius 2 is 2.10 bits per heavy atom. The molecule has 0 amide bonds. The fourth-order valence-electron chi connectivity index (χ4n) is 1.61. The van der Waals surface area contributed by atoms with Crippen molar-refractivity contribution in [3.8, 4) is 11.6 Å². The van der Waals surface area contributed by atoms with E-state index in [-0.39, 0.29) is 5.75 Å². The minimum absolute atomic E-state index is 0.162. The topological polar surface area (TPSA) is 34.2 Å². The van der Waals surface area contributed by atoms with E-state index in [0.29, 0.717) is 16.4 Å². The molecule has 0 saturated carbocycles. The maximum atomic E-state index is 13.7. The number of nitrogens with one attached hydrogen (secondary N) is 1. The zero-order chi connectivity index (χ0) is 14.5. The van der Waals surface area contributed by atoms with E-state index < -0.39 is 5.82 Å². The fourth-order valence-corrected chi connectivity index (χ4v) is 1.94. The number of benzene rings is 1. The van der Waals surface area contributed by atoms with Gasteiger partial charge in [0.25, 0.3) is 0 Å². The van der Waals surface area contributed by atoms with Gasteiger partial charge in [-0.05, 0) is 29.8 Å². The van der Waals surface area contributed by atoms with E-state index in [9.17, 15) is 4.39 Å². The highest BCUT2D eigenvalue weighted by Gasteiger charge is 2.07. The van der Waals surface area contributed by atoms with E-state index in [1.54, 1.807) is 24.4 Å². The highest BCUT2D eigenvalue weighted by atomic mass is 79.9. The molecule has 0 spiro atoms. The number of hydrogen-bond acceptors (Lipinski definition) is 3. The van der Waals surface area contributed by atoms with Crippen molar-refractivity contribution in [1.29, 1.82) is 0 Å². The molecular formula is C15H16BrFN2O. The lowest BCUT2D eigenvalue weighted by molar-refractivity contribution is 0.426. The van der Waals surface area contributed by atoms with Crippen LogP contribution >= 0.6 is 15.9 Å². The Morgan fingerprint density at radius 3 is 2.80 bits per heavy atom. The molecule has 2 aromatic rings. The summed E-state index contributed by atoms with van der Waals surface area (Å²) in [4.78, 5) is 4.10. The molecule has 20 heavy (non-hydrogen) atoms. The van der Waals surface area contributed by atoms with Crippen molar-refractivity contribution in [2.24, 2.45) is 0 Å². The molecule has 0 unspecified atom stereocenters. The molecule has 0 atom stereocenters. The highest BCUT2D eigenvalue weighted by Crippen LogP contribution is 2.26. The largest absolute Gasteiger partial charge is 0.436 e. The quantitative estimate of drug-likeness (QED) is 0.883. The minimum atomic E-state index is -0.424. The van der Waals surface area contributed by atoms with Crippen molar-refractivity contribution in [3.63, 3.8) is 0 Å². The summed E-state index contributed by atoms with van der Waals surface area (Å²) in [6.45, 7) is 4.88. The summed E-state index contributed by atoms with van der Waals surface area (Å²) in [6.07, 6.45) is 1.66. The summed E-state index contributed by atoms with van der Waals surface area (Å²) < 4.78 is 19.8. The van der Waals surface area contributed by atoms with Crippen LogP contribution in [0.1, 0.15) is 19.4 Å². The Labute approximate surface area is 126 Å². The van der Waals surface area contributed by atoms with Crippen molar-refractivity contribution in [1.82, 2.24) is 10.3 Å². The third-order valence-corrected chi connectivity index (χ3v) is 3.12. The summed E-state index contributed by atoms with van der Waals surface area (Å²) in [6, 6.07) is 8.76. The molecule has 0 saturated heterocycles. The van der Waals surface area contributed by atoms with Crippen LogP contribution in [0, 0.1) is 5.82 Å². The molecule has 1 aromatic heterocycles. The lowest BCUT2D eigenvalue weighted by atomic mass is 10.2. The molecule has 0 aliphatic rings. The predicted molar refractivity (Wildman–Crippen MR) is 80.4 cm³/mol. The van der Waals surface area contributed by atoms with Gasteiger partial charge < -0.3 is 10.1 Å². The first-order valence-electron chi connectivity index (χ1n) is 6.36. The van der Waals surface area contributed by atoms with Crippen LogP contribution in [0.5, 0.6) is 11.6 Å². The molecule has 1 aromatic carbocycles. The Kier molecular flexibility index (Phi) is 5.09. The van der Waals surface area contributed by atoms with Crippen molar-refractivity contribution in [3.05, 3.63) is 52.4 Å². The van der Waals surface area contributed by atoms with Gasteiger partial charge in [0.1, 0.15) is 0 Å². The highest BCUT2D eigenvalue weighted by molar-refractivity contribution is 9.10. The molecule has 0 radical (unpaired) electrons. The van der Waals surface area contributed by atoms with Crippen molar-refractivity contribution < 1.29 is 9.13 Å². The Bertz CT molecular complexity index is 590. The first kappa shape index (κ1) is 14.9. The number of hydrogen-bond donors (Lipinski definition) is 1. The van der Waals surface area contributed by atoms with Gasteiger partial charge in [-0.25, -0.2) is 9.37 Å². The van der Waals surface area contributed by atoms with Gasteiger partial charge in [0.05, 0.1) is 0 Å². The van der Waals surface area contributed by atoms with E-state index >= 15 is 0 Å². The van der Waals surface area contributed by atoms with Gasteiger partial charge in [0, 0.05) is 29.3 Å². The standard InChI is InChI=1S/C15H16BrFN2O/c1-10(2)19-9-11-5-6-18-15(7-11)20-14-4-3-12(16)8-13(14)17/h3-8,10,19H,9H2,1-2H3. The summed E-state index contributed by atoms with van der Waals surface area (Å²) in [5.74, 6) is 0.121. The van der Waals surface area contributed by atoms with Crippen molar-refractivity contribution in [2.45, 2.75) is 26.4 Å². The van der Waals surface area contributed by atoms with E-state index in [1.165, 1.54) is 6.07 Å². The SMILES string of the molecule is CC(C)NCc1ccnc(Oc2ccc(Br)cc2F)c1. The van der Waals surface area contributed by atoms with Gasteiger partial charge >= 0.3 is 0 Å². The van der Waals surface area contributed by atoms with Crippen LogP contribution in [0.25, 0.3) is 0 Å². The van der Waals surface area contributed by atoms with E-state index in [2.05, 4.69) is 40.1 Å². The van der Waals surface area contributed by atoms with Crippen molar-refractivity contribution in [2.75, 3.05) is 0 Å². The number of rotatable bonds is 5. The van der Waals surface area contributed by atoms with E-state index in [4.69, 9.17) is 4.74 Å². The van der Waals surface area contributed by atoms with Crippen LogP contribution in [0.3, 0.4) is 0 Å². The molecular weight excluding hydrogens is 323 g/mol. The molecule has 1 heterocycles. The monoisotopic (exact) mass is 338 g/mol. The van der Waals surface area contributed by atoms with E-state index in [1.807, 2.05) is 6.07 Å². The van der Waals surface area contributed by atoms with Crippen LogP contribution < -0.4 is 10.1 Å². The molecule has 3 nitrogen and oxygen atoms in total. The van der Waals surface area contributed by atoms with Crippen LogP contribution in [0.15, 0.2) is 41.0 Å². The molecule has 0 fully saturated rings. The molecule has 2 rings (SSSR count). The molecule has 0 bridgehead atoms. The summed E-state index contributed by atoms with van der Waals surface area (Å²) in [5.41, 5.74) is 1.04. The van der Waals surface area contributed by atoms with E-state index in [0.717, 1.165) is 12.1 Å². The average Bonchev–Trinajstić information content (AvgIpc) is 2.40. The van der Waals surface area contributed by atoms with Gasteiger partial charge in [0.15, 0.2) is 11.6 Å². The van der Waals surface area contributed by atoms with Crippen LogP contribution in [0.2, 0.25) is 0 Å². The maximum Gasteiger partial charge on any atom is 0.219 e. The summed E-state index contributed by atoms with van der Waals surface area (Å²) in [7, 11) is 0. The van der Waals surface area contributed by atoms with Gasteiger partial charge in [-0.1, -0.05) is 29.8 Å². The molecule has 5 heteroatoms. The number of aromatic nitrogens is 1. The minimum Gasteiger partial charge on any atom is -0.436 e. The first-order chi connectivity index (χ1) is 9.54. The summed E-state index contributed by atoms with van der Waals surface area (Å²) >= 11 is 3.21. The number of halogens is 2. The Morgan fingerprint density at radius 1 is 1.30 bits per heavy atom. The van der Waals surface area contributed by atoms with Crippen LogP contribution in [-0.4, -0.2) is 11.0 Å². The molecule has 0 aliphatic carbocycles. The average molecular weight is 339 g/mol. The zero-order valence-electron chi connectivity index (χ0n) is 11.4. The third-order valence-electron chi connectivity index (χ3n) is 2.62. The number of nitrogens with zero attached hydrogens (tertiary/aromatic N) is 1. The first-order valence-corrected chi connectivity index (χ1v) is 7.15.